The highest BCUT2D eigenvalue weighted by Gasteiger charge is 1.94. The van der Waals surface area contributed by atoms with Gasteiger partial charge >= 0.3 is 0 Å². The second-order valence-corrected chi connectivity index (χ2v) is 3.45. The standard InChI is InChI=1S/C8H6ClI/c1-2-6-3-4-7(9)8(10)5-6/h2-5H,1H2. The van der Waals surface area contributed by atoms with Crippen LogP contribution in [0.15, 0.2) is 24.8 Å². The molecule has 0 bridgehead atoms. The Hall–Kier alpha value is -0.0200. The van der Waals surface area contributed by atoms with Crippen LogP contribution in [0.1, 0.15) is 5.56 Å². The summed E-state index contributed by atoms with van der Waals surface area (Å²) in [4.78, 5) is 0. The number of benzene rings is 1. The van der Waals surface area contributed by atoms with Gasteiger partial charge in [0.25, 0.3) is 0 Å². The third kappa shape index (κ3) is 1.73. The lowest BCUT2D eigenvalue weighted by molar-refractivity contribution is 1.61. The first kappa shape index (κ1) is 8.08. The number of hydrogen-bond acceptors (Lipinski definition) is 0. The van der Waals surface area contributed by atoms with E-state index in [1.54, 1.807) is 6.08 Å². The summed E-state index contributed by atoms with van der Waals surface area (Å²) in [5.74, 6) is 0. The Morgan fingerprint density at radius 3 is 2.70 bits per heavy atom. The van der Waals surface area contributed by atoms with Crippen molar-refractivity contribution in [1.82, 2.24) is 0 Å². The van der Waals surface area contributed by atoms with E-state index in [0.717, 1.165) is 14.2 Å². The molecule has 1 rings (SSSR count). The first-order chi connectivity index (χ1) is 4.74. The molecule has 0 aliphatic rings. The van der Waals surface area contributed by atoms with E-state index in [2.05, 4.69) is 29.2 Å². The van der Waals surface area contributed by atoms with Crippen molar-refractivity contribution < 1.29 is 0 Å². The maximum absolute atomic E-state index is 5.80. The summed E-state index contributed by atoms with van der Waals surface area (Å²) in [7, 11) is 0. The minimum atomic E-state index is 0.797. The molecule has 52 valence electrons. The van der Waals surface area contributed by atoms with Crippen molar-refractivity contribution in [3.05, 3.63) is 38.9 Å². The molecule has 0 fully saturated rings. The van der Waals surface area contributed by atoms with E-state index in [4.69, 9.17) is 11.6 Å². The first-order valence-corrected chi connectivity index (χ1v) is 4.27. The molecule has 0 saturated carbocycles. The molecule has 0 saturated heterocycles. The smallest absolute Gasteiger partial charge is 0.0539 e. The minimum absolute atomic E-state index is 0.797. The summed E-state index contributed by atoms with van der Waals surface area (Å²) < 4.78 is 1.07. The van der Waals surface area contributed by atoms with Crippen molar-refractivity contribution in [3.63, 3.8) is 0 Å². The molecule has 2 heteroatoms. The van der Waals surface area contributed by atoms with Crippen LogP contribution in [-0.4, -0.2) is 0 Å². The highest BCUT2D eigenvalue weighted by Crippen LogP contribution is 2.19. The first-order valence-electron chi connectivity index (χ1n) is 2.81. The molecule has 0 unspecified atom stereocenters. The quantitative estimate of drug-likeness (QED) is 0.680. The van der Waals surface area contributed by atoms with Crippen LogP contribution in [-0.2, 0) is 0 Å². The van der Waals surface area contributed by atoms with Crippen LogP contribution in [0.4, 0.5) is 0 Å². The predicted octanol–water partition coefficient (Wildman–Crippen LogP) is 3.59. The van der Waals surface area contributed by atoms with Crippen LogP contribution in [0.25, 0.3) is 6.08 Å². The van der Waals surface area contributed by atoms with Gasteiger partial charge in [-0.25, -0.2) is 0 Å². The summed E-state index contributed by atoms with van der Waals surface area (Å²) in [6.07, 6.45) is 1.80. The van der Waals surface area contributed by atoms with E-state index in [1.165, 1.54) is 0 Å². The molecule has 1 aromatic rings. The van der Waals surface area contributed by atoms with Crippen molar-refractivity contribution in [1.29, 1.82) is 0 Å². The van der Waals surface area contributed by atoms with E-state index < -0.39 is 0 Å². The van der Waals surface area contributed by atoms with Gasteiger partial charge in [-0.3, -0.25) is 0 Å². The average molecular weight is 264 g/mol. The van der Waals surface area contributed by atoms with Gasteiger partial charge in [0.05, 0.1) is 5.02 Å². The number of hydrogen-bond donors (Lipinski definition) is 0. The SMILES string of the molecule is C=Cc1ccc(Cl)c(I)c1. The van der Waals surface area contributed by atoms with Crippen LogP contribution in [0, 0.1) is 3.57 Å². The van der Waals surface area contributed by atoms with Gasteiger partial charge in [0, 0.05) is 3.57 Å². The molecule has 0 radical (unpaired) electrons. The van der Waals surface area contributed by atoms with E-state index in [1.807, 2.05) is 18.2 Å². The second kappa shape index (κ2) is 3.39. The summed E-state index contributed by atoms with van der Waals surface area (Å²) in [5.41, 5.74) is 1.11. The fraction of sp³-hybridized carbons (Fsp3) is 0. The molecule has 0 N–H and O–H groups in total. The minimum Gasteiger partial charge on any atom is -0.0985 e. The molecule has 0 spiro atoms. The monoisotopic (exact) mass is 264 g/mol. The molecule has 10 heavy (non-hydrogen) atoms. The summed E-state index contributed by atoms with van der Waals surface area (Å²) in [5, 5.41) is 0.797. The zero-order valence-corrected chi connectivity index (χ0v) is 8.19. The second-order valence-electron chi connectivity index (χ2n) is 1.88. The summed E-state index contributed by atoms with van der Waals surface area (Å²) in [6, 6.07) is 5.81. The zero-order valence-electron chi connectivity index (χ0n) is 5.27. The Balaban J connectivity index is 3.16. The van der Waals surface area contributed by atoms with E-state index in [-0.39, 0.29) is 0 Å². The normalized spacial score (nSPS) is 9.40. The van der Waals surface area contributed by atoms with Crippen LogP contribution in [0.3, 0.4) is 0 Å². The Morgan fingerprint density at radius 2 is 2.20 bits per heavy atom. The van der Waals surface area contributed by atoms with Crippen molar-refractivity contribution in [2.24, 2.45) is 0 Å². The molecular weight excluding hydrogens is 258 g/mol. The molecule has 0 atom stereocenters. The van der Waals surface area contributed by atoms with Crippen molar-refractivity contribution in [2.75, 3.05) is 0 Å². The highest BCUT2D eigenvalue weighted by molar-refractivity contribution is 14.1. The Kier molecular flexibility index (Phi) is 2.74. The lowest BCUT2D eigenvalue weighted by Gasteiger charge is -1.95. The molecule has 1 aromatic carbocycles. The Bertz CT molecular complexity index is 255. The van der Waals surface area contributed by atoms with E-state index >= 15 is 0 Å². The number of halogens is 2. The predicted molar refractivity (Wildman–Crippen MR) is 54.3 cm³/mol. The van der Waals surface area contributed by atoms with Gasteiger partial charge in [0.15, 0.2) is 0 Å². The van der Waals surface area contributed by atoms with Gasteiger partial charge in [-0.1, -0.05) is 30.3 Å². The van der Waals surface area contributed by atoms with Gasteiger partial charge in [0.1, 0.15) is 0 Å². The molecule has 0 aliphatic heterocycles. The third-order valence-corrected chi connectivity index (χ3v) is 2.72. The van der Waals surface area contributed by atoms with Gasteiger partial charge < -0.3 is 0 Å². The maximum Gasteiger partial charge on any atom is 0.0539 e. The van der Waals surface area contributed by atoms with Crippen molar-refractivity contribution >= 4 is 40.3 Å². The topological polar surface area (TPSA) is 0 Å². The largest absolute Gasteiger partial charge is 0.0985 e. The summed E-state index contributed by atoms with van der Waals surface area (Å²) >= 11 is 7.99. The van der Waals surface area contributed by atoms with Crippen LogP contribution in [0.5, 0.6) is 0 Å². The van der Waals surface area contributed by atoms with Crippen LogP contribution in [0.2, 0.25) is 5.02 Å². The van der Waals surface area contributed by atoms with Crippen molar-refractivity contribution in [2.45, 2.75) is 0 Å². The molecular formula is C8H6ClI. The van der Waals surface area contributed by atoms with Gasteiger partial charge in [0.2, 0.25) is 0 Å². The Morgan fingerprint density at radius 1 is 1.50 bits per heavy atom. The number of rotatable bonds is 1. The highest BCUT2D eigenvalue weighted by atomic mass is 127. The summed E-state index contributed by atoms with van der Waals surface area (Å²) in [6.45, 7) is 3.66. The molecule has 0 amide bonds. The molecule has 0 nitrogen and oxygen atoms in total. The van der Waals surface area contributed by atoms with Gasteiger partial charge in [-0.2, -0.15) is 0 Å². The van der Waals surface area contributed by atoms with Gasteiger partial charge in [-0.05, 0) is 40.3 Å². The molecule has 0 aromatic heterocycles. The van der Waals surface area contributed by atoms with E-state index in [0.29, 0.717) is 0 Å². The van der Waals surface area contributed by atoms with Crippen LogP contribution < -0.4 is 0 Å². The lowest BCUT2D eigenvalue weighted by Crippen LogP contribution is -1.75. The Labute approximate surface area is 79.0 Å². The molecule has 0 aliphatic carbocycles. The third-order valence-electron chi connectivity index (χ3n) is 1.18. The van der Waals surface area contributed by atoms with E-state index in [9.17, 15) is 0 Å². The fourth-order valence-electron chi connectivity index (χ4n) is 0.639. The average Bonchev–Trinajstić information content (AvgIpc) is 1.95. The molecule has 0 heterocycles. The van der Waals surface area contributed by atoms with Crippen LogP contribution >= 0.6 is 34.2 Å². The van der Waals surface area contributed by atoms with Crippen molar-refractivity contribution in [3.8, 4) is 0 Å². The lowest BCUT2D eigenvalue weighted by atomic mass is 10.2. The maximum atomic E-state index is 5.80. The van der Waals surface area contributed by atoms with Gasteiger partial charge in [-0.15, -0.1) is 0 Å². The fourth-order valence-corrected chi connectivity index (χ4v) is 1.30. The zero-order chi connectivity index (χ0) is 7.56.